The summed E-state index contributed by atoms with van der Waals surface area (Å²) in [5, 5.41) is 13.8. The molecular formula is C22H19F7N2O4. The summed E-state index contributed by atoms with van der Waals surface area (Å²) in [6, 6.07) is 10.9. The minimum absolute atomic E-state index is 0.0402. The molecule has 0 bridgehead atoms. The highest BCUT2D eigenvalue weighted by Gasteiger charge is 2.82. The number of nitrogens with zero attached hydrogens (tertiary/aromatic N) is 2. The first-order valence-corrected chi connectivity index (χ1v) is 9.91. The smallest absolute Gasteiger partial charge is 0.460 e. The monoisotopic (exact) mass is 508 g/mol. The minimum Gasteiger partial charge on any atom is -0.493 e. The van der Waals surface area contributed by atoms with E-state index in [-0.39, 0.29) is 22.6 Å². The maximum absolute atomic E-state index is 14.8. The number of aliphatic hydroxyl groups is 1. The van der Waals surface area contributed by atoms with Crippen molar-refractivity contribution in [3.63, 3.8) is 0 Å². The maximum Gasteiger partial charge on any atom is 0.460 e. The van der Waals surface area contributed by atoms with E-state index in [1.807, 2.05) is 0 Å². The molecule has 35 heavy (non-hydrogen) atoms. The van der Waals surface area contributed by atoms with Gasteiger partial charge < -0.3 is 14.6 Å². The molecule has 0 radical (unpaired) electrons. The van der Waals surface area contributed by atoms with Gasteiger partial charge in [-0.2, -0.15) is 40.8 Å². The minimum atomic E-state index is -6.72. The molecule has 0 aliphatic carbocycles. The lowest BCUT2D eigenvalue weighted by Gasteiger charge is -2.41. The van der Waals surface area contributed by atoms with Crippen molar-refractivity contribution in [2.75, 3.05) is 14.2 Å². The van der Waals surface area contributed by atoms with Crippen molar-refractivity contribution in [3.8, 4) is 11.5 Å². The number of halogens is 7. The van der Waals surface area contributed by atoms with E-state index in [1.54, 1.807) is 0 Å². The number of carbonyl (C=O) groups excluding carboxylic acids is 1. The summed E-state index contributed by atoms with van der Waals surface area (Å²) in [5.41, 5.74) is -4.65. The van der Waals surface area contributed by atoms with Crippen LogP contribution in [0.3, 0.4) is 0 Å². The van der Waals surface area contributed by atoms with Crippen molar-refractivity contribution in [1.29, 1.82) is 0 Å². The normalized spacial score (nSPS) is 18.9. The molecular weight excluding hydrogens is 489 g/mol. The van der Waals surface area contributed by atoms with Gasteiger partial charge in [-0.1, -0.05) is 36.4 Å². The summed E-state index contributed by atoms with van der Waals surface area (Å²) in [5.74, 6) is -13.9. The van der Waals surface area contributed by atoms with Crippen LogP contribution >= 0.6 is 0 Å². The molecule has 2 aromatic rings. The first-order chi connectivity index (χ1) is 16.2. The summed E-state index contributed by atoms with van der Waals surface area (Å²) in [6.45, 7) is 0. The number of alkyl halides is 7. The second-order valence-corrected chi connectivity index (χ2v) is 7.62. The number of methoxy groups -OCH3 is 2. The zero-order chi connectivity index (χ0) is 26.2. The van der Waals surface area contributed by atoms with Crippen LogP contribution in [0.4, 0.5) is 30.7 Å². The van der Waals surface area contributed by atoms with Gasteiger partial charge in [0.2, 0.25) is 11.6 Å². The van der Waals surface area contributed by atoms with E-state index in [2.05, 4.69) is 5.10 Å². The third-order valence-electron chi connectivity index (χ3n) is 5.38. The Bertz CT molecular complexity index is 1120. The van der Waals surface area contributed by atoms with E-state index < -0.39 is 53.2 Å². The number of hydrazone groups is 1. The predicted molar refractivity (Wildman–Crippen MR) is 109 cm³/mol. The van der Waals surface area contributed by atoms with Crippen molar-refractivity contribution in [3.05, 3.63) is 59.7 Å². The fourth-order valence-corrected chi connectivity index (χ4v) is 3.51. The Balaban J connectivity index is 2.06. The average molecular weight is 508 g/mol. The lowest BCUT2D eigenvalue weighted by Crippen LogP contribution is -2.69. The Morgan fingerprint density at radius 1 is 1.00 bits per heavy atom. The van der Waals surface area contributed by atoms with Crippen molar-refractivity contribution in [2.24, 2.45) is 5.10 Å². The van der Waals surface area contributed by atoms with Crippen LogP contribution in [0.25, 0.3) is 0 Å². The molecule has 1 amide bonds. The topological polar surface area (TPSA) is 71.4 Å². The highest BCUT2D eigenvalue weighted by Crippen LogP contribution is 2.54. The Hall–Kier alpha value is -3.35. The van der Waals surface area contributed by atoms with E-state index in [0.717, 1.165) is 0 Å². The second kappa shape index (κ2) is 9.02. The summed E-state index contributed by atoms with van der Waals surface area (Å²) < 4.78 is 106. The number of hydrogen-bond donors (Lipinski definition) is 1. The standard InChI is InChI=1S/C22H19F7N2O4/c1-34-16-9-8-13(10-17(16)35-2)11-18(32)31-19(33,20(23,24)21(25,26)22(27,28)29)12-15(30-31)14-6-4-3-5-7-14/h3-10,33H,11-12H2,1-2H3/t19-/m1/s1. The van der Waals surface area contributed by atoms with Gasteiger partial charge in [0.05, 0.1) is 26.4 Å². The van der Waals surface area contributed by atoms with Crippen LogP contribution < -0.4 is 9.47 Å². The molecule has 0 saturated carbocycles. The molecule has 0 spiro atoms. The Kier molecular flexibility index (Phi) is 6.77. The zero-order valence-electron chi connectivity index (χ0n) is 18.2. The maximum atomic E-state index is 14.8. The van der Waals surface area contributed by atoms with Gasteiger partial charge in [0.25, 0.3) is 0 Å². The summed E-state index contributed by atoms with van der Waals surface area (Å²) in [6.07, 6.45) is -8.99. The van der Waals surface area contributed by atoms with Crippen LogP contribution in [0.5, 0.6) is 11.5 Å². The lowest BCUT2D eigenvalue weighted by molar-refractivity contribution is -0.401. The summed E-state index contributed by atoms with van der Waals surface area (Å²) in [4.78, 5) is 12.9. The molecule has 1 aliphatic heterocycles. The zero-order valence-corrected chi connectivity index (χ0v) is 18.2. The third kappa shape index (κ3) is 4.40. The number of rotatable bonds is 7. The molecule has 1 aliphatic rings. The highest BCUT2D eigenvalue weighted by atomic mass is 19.4. The molecule has 13 heteroatoms. The van der Waals surface area contributed by atoms with Gasteiger partial charge in [0, 0.05) is 6.42 Å². The molecule has 190 valence electrons. The third-order valence-corrected chi connectivity index (χ3v) is 5.38. The van der Waals surface area contributed by atoms with E-state index in [0.29, 0.717) is 0 Å². The van der Waals surface area contributed by atoms with E-state index in [1.165, 1.54) is 62.8 Å². The van der Waals surface area contributed by atoms with Crippen LogP contribution in [0.1, 0.15) is 17.5 Å². The molecule has 6 nitrogen and oxygen atoms in total. The largest absolute Gasteiger partial charge is 0.493 e. The van der Waals surface area contributed by atoms with Crippen LogP contribution in [0, 0.1) is 0 Å². The first kappa shape index (κ1) is 26.3. The van der Waals surface area contributed by atoms with Gasteiger partial charge in [0.1, 0.15) is 0 Å². The van der Waals surface area contributed by atoms with Gasteiger partial charge in [-0.05, 0) is 23.3 Å². The molecule has 0 aromatic heterocycles. The average Bonchev–Trinajstić information content (AvgIpc) is 3.18. The first-order valence-electron chi connectivity index (χ1n) is 9.91. The highest BCUT2D eigenvalue weighted by molar-refractivity contribution is 6.03. The van der Waals surface area contributed by atoms with Crippen molar-refractivity contribution >= 4 is 11.6 Å². The van der Waals surface area contributed by atoms with Crippen LogP contribution in [0.15, 0.2) is 53.6 Å². The van der Waals surface area contributed by atoms with Crippen LogP contribution in [0.2, 0.25) is 0 Å². The Labute approximate surface area is 194 Å². The van der Waals surface area contributed by atoms with E-state index in [9.17, 15) is 40.6 Å². The van der Waals surface area contributed by atoms with Crippen LogP contribution in [-0.2, 0) is 11.2 Å². The molecule has 0 saturated heterocycles. The van der Waals surface area contributed by atoms with Gasteiger partial charge in [-0.3, -0.25) is 4.79 Å². The number of hydrogen-bond acceptors (Lipinski definition) is 5. The molecule has 0 unspecified atom stereocenters. The molecule has 1 atom stereocenters. The van der Waals surface area contributed by atoms with Crippen molar-refractivity contribution in [2.45, 2.75) is 36.6 Å². The van der Waals surface area contributed by atoms with Crippen LogP contribution in [-0.4, -0.2) is 59.7 Å². The fourth-order valence-electron chi connectivity index (χ4n) is 3.51. The number of benzene rings is 2. The van der Waals surface area contributed by atoms with E-state index in [4.69, 9.17) is 9.47 Å². The molecule has 2 aromatic carbocycles. The Morgan fingerprint density at radius 3 is 2.14 bits per heavy atom. The SMILES string of the molecule is COc1ccc(CC(=O)N2N=C(c3ccccc3)C[C@@]2(O)C(F)(F)C(F)(F)C(F)(F)F)cc1OC. The Morgan fingerprint density at radius 2 is 1.60 bits per heavy atom. The lowest BCUT2D eigenvalue weighted by atomic mass is 9.91. The fraction of sp³-hybridized carbons (Fsp3) is 0.364. The summed E-state index contributed by atoms with van der Waals surface area (Å²) >= 11 is 0. The van der Waals surface area contributed by atoms with Crippen molar-refractivity contribution < 1.29 is 50.1 Å². The van der Waals surface area contributed by atoms with Gasteiger partial charge >= 0.3 is 18.0 Å². The second-order valence-electron chi connectivity index (χ2n) is 7.62. The number of ether oxygens (including phenoxy) is 2. The number of carbonyl (C=O) groups is 1. The number of amides is 1. The molecule has 3 rings (SSSR count). The van der Waals surface area contributed by atoms with E-state index >= 15 is 0 Å². The van der Waals surface area contributed by atoms with Gasteiger partial charge in [-0.25, -0.2) is 0 Å². The molecule has 1 N–H and O–H groups in total. The molecule has 0 fully saturated rings. The summed E-state index contributed by atoms with van der Waals surface area (Å²) in [7, 11) is 2.61. The molecule has 1 heterocycles. The predicted octanol–water partition coefficient (Wildman–Crippen LogP) is 4.40. The van der Waals surface area contributed by atoms with Gasteiger partial charge in [0.15, 0.2) is 11.5 Å². The van der Waals surface area contributed by atoms with Gasteiger partial charge in [-0.15, -0.1) is 0 Å². The quantitative estimate of drug-likeness (QED) is 0.563. The van der Waals surface area contributed by atoms with Crippen molar-refractivity contribution in [1.82, 2.24) is 5.01 Å².